The molecule has 0 atom stereocenters. The number of carbonyl (C=O) groups is 3. The van der Waals surface area contributed by atoms with Gasteiger partial charge in [0, 0.05) is 30.2 Å². The van der Waals surface area contributed by atoms with Crippen molar-refractivity contribution < 1.29 is 19.1 Å². The Balaban J connectivity index is 1.66. The van der Waals surface area contributed by atoms with Crippen molar-refractivity contribution in [3.05, 3.63) is 40.4 Å². The Hall–Kier alpha value is -2.35. The summed E-state index contributed by atoms with van der Waals surface area (Å²) in [6.45, 7) is 7.06. The summed E-state index contributed by atoms with van der Waals surface area (Å²) >= 11 is 3.41. The van der Waals surface area contributed by atoms with E-state index in [0.29, 0.717) is 25.6 Å². The molecule has 1 saturated heterocycles. The van der Waals surface area contributed by atoms with Crippen molar-refractivity contribution in [3.63, 3.8) is 0 Å². The number of nitrogens with zero attached hydrogens (tertiary/aromatic N) is 1. The van der Waals surface area contributed by atoms with Gasteiger partial charge in [-0.3, -0.25) is 9.59 Å². The largest absolute Gasteiger partial charge is 0.444 e. The van der Waals surface area contributed by atoms with Crippen LogP contribution in [-0.2, 0) is 14.3 Å². The number of benzene rings is 1. The summed E-state index contributed by atoms with van der Waals surface area (Å²) in [7, 11) is 0. The standard InChI is InChI=1S/C22H30BrN3O4/c1-22(2,3)30-21(29)25-15-20(28)26-11-9-17(10-12-26)14-24-19(27)8-7-16-5-4-6-18(23)13-16/h4-8,13,17H,9-12,14-15H2,1-3H3,(H,24,27)(H,25,29)/b8-7+. The summed E-state index contributed by atoms with van der Waals surface area (Å²) in [6, 6.07) is 7.72. The summed E-state index contributed by atoms with van der Waals surface area (Å²) < 4.78 is 6.10. The van der Waals surface area contributed by atoms with Gasteiger partial charge >= 0.3 is 6.09 Å². The van der Waals surface area contributed by atoms with Crippen molar-refractivity contribution in [2.75, 3.05) is 26.2 Å². The van der Waals surface area contributed by atoms with Crippen LogP contribution in [0.5, 0.6) is 0 Å². The van der Waals surface area contributed by atoms with Gasteiger partial charge in [0.2, 0.25) is 11.8 Å². The number of alkyl carbamates (subject to hydrolysis) is 1. The molecule has 7 nitrogen and oxygen atoms in total. The highest BCUT2D eigenvalue weighted by Crippen LogP contribution is 2.17. The quantitative estimate of drug-likeness (QED) is 0.612. The van der Waals surface area contributed by atoms with Crippen molar-refractivity contribution in [2.24, 2.45) is 5.92 Å². The molecule has 1 aliphatic heterocycles. The summed E-state index contributed by atoms with van der Waals surface area (Å²) in [5.74, 6) is 0.0754. The highest BCUT2D eigenvalue weighted by molar-refractivity contribution is 9.10. The van der Waals surface area contributed by atoms with E-state index >= 15 is 0 Å². The molecule has 1 fully saturated rings. The van der Waals surface area contributed by atoms with E-state index in [1.165, 1.54) is 6.08 Å². The van der Waals surface area contributed by atoms with Gasteiger partial charge in [-0.1, -0.05) is 28.1 Å². The molecule has 0 bridgehead atoms. The smallest absolute Gasteiger partial charge is 0.408 e. The van der Waals surface area contributed by atoms with Crippen LogP contribution < -0.4 is 10.6 Å². The summed E-state index contributed by atoms with van der Waals surface area (Å²) in [5.41, 5.74) is 0.356. The van der Waals surface area contributed by atoms with Crippen LogP contribution in [0, 0.1) is 5.92 Å². The maximum atomic E-state index is 12.3. The zero-order valence-corrected chi connectivity index (χ0v) is 19.3. The van der Waals surface area contributed by atoms with Gasteiger partial charge in [0.05, 0.1) is 0 Å². The molecular formula is C22H30BrN3O4. The molecule has 1 aromatic rings. The molecule has 1 heterocycles. The minimum atomic E-state index is -0.594. The normalized spacial score (nSPS) is 15.1. The maximum absolute atomic E-state index is 12.3. The first kappa shape index (κ1) is 23.9. The monoisotopic (exact) mass is 479 g/mol. The molecule has 30 heavy (non-hydrogen) atoms. The second-order valence-corrected chi connectivity index (χ2v) is 9.23. The highest BCUT2D eigenvalue weighted by Gasteiger charge is 2.24. The number of rotatable bonds is 6. The van der Waals surface area contributed by atoms with Crippen molar-refractivity contribution in [3.8, 4) is 0 Å². The van der Waals surface area contributed by atoms with Gasteiger partial charge in [-0.25, -0.2) is 4.79 Å². The Morgan fingerprint density at radius 2 is 1.90 bits per heavy atom. The van der Waals surface area contributed by atoms with Gasteiger partial charge in [0.15, 0.2) is 0 Å². The number of piperidine rings is 1. The van der Waals surface area contributed by atoms with Crippen molar-refractivity contribution in [1.82, 2.24) is 15.5 Å². The van der Waals surface area contributed by atoms with Crippen molar-refractivity contribution in [2.45, 2.75) is 39.2 Å². The SMILES string of the molecule is CC(C)(C)OC(=O)NCC(=O)N1CCC(CNC(=O)/C=C/c2cccc(Br)c2)CC1. The number of amides is 3. The van der Waals surface area contributed by atoms with Gasteiger partial charge < -0.3 is 20.3 Å². The second-order valence-electron chi connectivity index (χ2n) is 8.31. The average Bonchev–Trinajstić information content (AvgIpc) is 2.68. The van der Waals surface area contributed by atoms with Crippen molar-refractivity contribution >= 4 is 39.9 Å². The third-order valence-electron chi connectivity index (χ3n) is 4.59. The van der Waals surface area contributed by atoms with Crippen LogP contribution in [0.3, 0.4) is 0 Å². The molecule has 164 valence electrons. The molecule has 1 aromatic carbocycles. The van der Waals surface area contributed by atoms with E-state index in [1.807, 2.05) is 24.3 Å². The third kappa shape index (κ3) is 8.98. The molecule has 0 radical (unpaired) electrons. The third-order valence-corrected chi connectivity index (χ3v) is 5.08. The fourth-order valence-electron chi connectivity index (χ4n) is 3.05. The fourth-order valence-corrected chi connectivity index (χ4v) is 3.46. The van der Waals surface area contributed by atoms with Gasteiger partial charge in [0.25, 0.3) is 0 Å². The van der Waals surface area contributed by atoms with E-state index in [4.69, 9.17) is 4.74 Å². The Morgan fingerprint density at radius 1 is 1.20 bits per heavy atom. The Kier molecular flexibility index (Phi) is 8.89. The molecule has 2 N–H and O–H groups in total. The van der Waals surface area contributed by atoms with Crippen LogP contribution in [0.2, 0.25) is 0 Å². The molecule has 0 aliphatic carbocycles. The van der Waals surface area contributed by atoms with E-state index in [0.717, 1.165) is 22.9 Å². The Bertz CT molecular complexity index is 781. The average molecular weight is 480 g/mol. The van der Waals surface area contributed by atoms with Crippen LogP contribution in [0.1, 0.15) is 39.2 Å². The number of hydrogen-bond donors (Lipinski definition) is 2. The number of hydrogen-bond acceptors (Lipinski definition) is 4. The van der Waals surface area contributed by atoms with E-state index in [2.05, 4.69) is 26.6 Å². The van der Waals surface area contributed by atoms with Crippen LogP contribution in [-0.4, -0.2) is 54.6 Å². The highest BCUT2D eigenvalue weighted by atomic mass is 79.9. The first-order valence-electron chi connectivity index (χ1n) is 10.1. The minimum absolute atomic E-state index is 0.0727. The summed E-state index contributed by atoms with van der Waals surface area (Å²) in [6.07, 6.45) is 4.34. The number of nitrogens with one attached hydrogen (secondary N) is 2. The molecule has 0 aromatic heterocycles. The van der Waals surface area contributed by atoms with Crippen LogP contribution in [0.25, 0.3) is 6.08 Å². The van der Waals surface area contributed by atoms with E-state index in [1.54, 1.807) is 31.7 Å². The van der Waals surface area contributed by atoms with E-state index in [9.17, 15) is 14.4 Å². The maximum Gasteiger partial charge on any atom is 0.408 e. The van der Waals surface area contributed by atoms with Crippen LogP contribution in [0.4, 0.5) is 4.79 Å². The van der Waals surface area contributed by atoms with Crippen LogP contribution >= 0.6 is 15.9 Å². The predicted octanol–water partition coefficient (Wildman–Crippen LogP) is 3.34. The first-order valence-corrected chi connectivity index (χ1v) is 10.9. The zero-order chi connectivity index (χ0) is 22.1. The van der Waals surface area contributed by atoms with Crippen molar-refractivity contribution in [1.29, 1.82) is 0 Å². The molecule has 0 unspecified atom stereocenters. The zero-order valence-electron chi connectivity index (χ0n) is 17.7. The lowest BCUT2D eigenvalue weighted by Gasteiger charge is -2.32. The lowest BCUT2D eigenvalue weighted by atomic mass is 9.96. The molecular weight excluding hydrogens is 450 g/mol. The number of halogens is 1. The van der Waals surface area contributed by atoms with E-state index < -0.39 is 11.7 Å². The molecule has 2 rings (SSSR count). The molecule has 8 heteroatoms. The fraction of sp³-hybridized carbons (Fsp3) is 0.500. The Labute approximate surface area is 186 Å². The number of likely N-dealkylation sites (tertiary alicyclic amines) is 1. The Morgan fingerprint density at radius 3 is 2.53 bits per heavy atom. The predicted molar refractivity (Wildman–Crippen MR) is 120 cm³/mol. The molecule has 0 spiro atoms. The van der Waals surface area contributed by atoms with Crippen LogP contribution in [0.15, 0.2) is 34.8 Å². The first-order chi connectivity index (χ1) is 14.1. The van der Waals surface area contributed by atoms with Gasteiger partial charge in [0.1, 0.15) is 12.1 Å². The summed E-state index contributed by atoms with van der Waals surface area (Å²) in [4.78, 5) is 37.7. The lowest BCUT2D eigenvalue weighted by Crippen LogP contribution is -2.46. The van der Waals surface area contributed by atoms with Gasteiger partial charge in [-0.05, 0) is 63.3 Å². The molecule has 3 amide bonds. The van der Waals surface area contributed by atoms with Gasteiger partial charge in [-0.15, -0.1) is 0 Å². The topological polar surface area (TPSA) is 87.7 Å². The lowest BCUT2D eigenvalue weighted by molar-refractivity contribution is -0.131. The van der Waals surface area contributed by atoms with E-state index in [-0.39, 0.29) is 18.4 Å². The molecule has 1 aliphatic rings. The minimum Gasteiger partial charge on any atom is -0.444 e. The second kappa shape index (κ2) is 11.2. The summed E-state index contributed by atoms with van der Waals surface area (Å²) in [5, 5.41) is 5.43. The van der Waals surface area contributed by atoms with Gasteiger partial charge in [-0.2, -0.15) is 0 Å². The number of carbonyl (C=O) groups excluding carboxylic acids is 3. The number of ether oxygens (including phenoxy) is 1. The molecule has 0 saturated carbocycles.